The molecule has 0 unspecified atom stereocenters. The van der Waals surface area contributed by atoms with E-state index in [2.05, 4.69) is 4.98 Å². The normalized spacial score (nSPS) is 18.3. The van der Waals surface area contributed by atoms with Crippen LogP contribution in [0.2, 0.25) is 0 Å². The summed E-state index contributed by atoms with van der Waals surface area (Å²) in [6, 6.07) is 0. The van der Waals surface area contributed by atoms with Gasteiger partial charge in [-0.25, -0.2) is 9.78 Å². The summed E-state index contributed by atoms with van der Waals surface area (Å²) in [5.41, 5.74) is -0.354. The van der Waals surface area contributed by atoms with Gasteiger partial charge in [-0.2, -0.15) is 0 Å². The number of carbonyl (C=O) groups excluding carboxylic acids is 1. The van der Waals surface area contributed by atoms with Crippen molar-refractivity contribution in [3.05, 3.63) is 27.2 Å². The van der Waals surface area contributed by atoms with Crippen LogP contribution in [0.25, 0.3) is 11.2 Å². The van der Waals surface area contributed by atoms with Crippen LogP contribution in [-0.2, 0) is 30.2 Å². The third-order valence-electron chi connectivity index (χ3n) is 4.47. The van der Waals surface area contributed by atoms with Gasteiger partial charge in [0.2, 0.25) is 5.91 Å². The van der Waals surface area contributed by atoms with Crippen molar-refractivity contribution in [2.24, 2.45) is 14.1 Å². The van der Waals surface area contributed by atoms with Crippen molar-refractivity contribution in [1.82, 2.24) is 23.6 Å². The topological polar surface area (TPSA) is 91.4 Å². The van der Waals surface area contributed by atoms with E-state index < -0.39 is 11.2 Å². The minimum absolute atomic E-state index is 0.0143. The van der Waals surface area contributed by atoms with Gasteiger partial charge in [0.05, 0.1) is 19.0 Å². The number of carbonyl (C=O) groups is 1. The van der Waals surface area contributed by atoms with Crippen molar-refractivity contribution >= 4 is 17.1 Å². The molecule has 0 saturated carbocycles. The highest BCUT2D eigenvalue weighted by Gasteiger charge is 2.24. The van der Waals surface area contributed by atoms with E-state index in [1.165, 1.54) is 22.5 Å². The van der Waals surface area contributed by atoms with E-state index in [9.17, 15) is 14.4 Å². The fourth-order valence-corrected chi connectivity index (χ4v) is 2.96. The number of amides is 1. The Morgan fingerprint density at radius 3 is 2.79 bits per heavy atom. The molecule has 0 aromatic carbocycles. The number of aromatic nitrogens is 4. The van der Waals surface area contributed by atoms with Crippen LogP contribution < -0.4 is 11.2 Å². The van der Waals surface area contributed by atoms with E-state index >= 15 is 0 Å². The van der Waals surface area contributed by atoms with Gasteiger partial charge in [0.25, 0.3) is 5.56 Å². The molecule has 1 amide bonds. The molecule has 2 aromatic rings. The standard InChI is InChI=1S/C15H21N5O4/c1-4-10-7-19(5-6-24-10)11(21)8-20-9-16-13-12(20)14(22)18(3)15(23)17(13)2/h9-10H,4-8H2,1-3H3/t10-/m0/s1. The highest BCUT2D eigenvalue weighted by Crippen LogP contribution is 2.11. The van der Waals surface area contributed by atoms with Crippen LogP contribution in [0.3, 0.4) is 0 Å². The molecule has 1 aliphatic rings. The first-order valence-corrected chi connectivity index (χ1v) is 7.94. The monoisotopic (exact) mass is 335 g/mol. The SMILES string of the molecule is CC[C@H]1CN(C(=O)Cn2cnc3c2c(=O)n(C)c(=O)n3C)CCO1. The molecule has 1 atom stereocenters. The zero-order valence-electron chi connectivity index (χ0n) is 14.1. The molecule has 1 fully saturated rings. The summed E-state index contributed by atoms with van der Waals surface area (Å²) in [5.74, 6) is -0.0908. The zero-order valence-corrected chi connectivity index (χ0v) is 14.1. The molecule has 0 bridgehead atoms. The fourth-order valence-electron chi connectivity index (χ4n) is 2.96. The summed E-state index contributed by atoms with van der Waals surface area (Å²) in [4.78, 5) is 42.8. The number of nitrogens with zero attached hydrogens (tertiary/aromatic N) is 5. The number of imidazole rings is 1. The van der Waals surface area contributed by atoms with E-state index in [1.807, 2.05) is 6.92 Å². The Hall–Kier alpha value is -2.42. The molecule has 2 aromatic heterocycles. The minimum Gasteiger partial charge on any atom is -0.375 e. The van der Waals surface area contributed by atoms with E-state index in [-0.39, 0.29) is 29.7 Å². The van der Waals surface area contributed by atoms with Crippen molar-refractivity contribution in [3.8, 4) is 0 Å². The van der Waals surface area contributed by atoms with Crippen LogP contribution in [0.15, 0.2) is 15.9 Å². The van der Waals surface area contributed by atoms with Crippen molar-refractivity contribution in [2.45, 2.75) is 26.0 Å². The summed E-state index contributed by atoms with van der Waals surface area (Å²) in [5, 5.41) is 0. The van der Waals surface area contributed by atoms with Crippen LogP contribution in [0.5, 0.6) is 0 Å². The fraction of sp³-hybridized carbons (Fsp3) is 0.600. The first-order chi connectivity index (χ1) is 11.4. The molecule has 0 radical (unpaired) electrons. The Balaban J connectivity index is 1.92. The van der Waals surface area contributed by atoms with Crippen LogP contribution in [0, 0.1) is 0 Å². The largest absolute Gasteiger partial charge is 0.375 e. The molecule has 0 N–H and O–H groups in total. The first kappa shape index (κ1) is 16.4. The molecule has 3 rings (SSSR count). The Labute approximate surface area is 138 Å². The molecule has 24 heavy (non-hydrogen) atoms. The number of morpholine rings is 1. The number of hydrogen-bond acceptors (Lipinski definition) is 5. The Bertz CT molecular complexity index is 894. The molecular formula is C15H21N5O4. The summed E-state index contributed by atoms with van der Waals surface area (Å²) in [6.45, 7) is 3.65. The van der Waals surface area contributed by atoms with Gasteiger partial charge in [-0.05, 0) is 6.42 Å². The van der Waals surface area contributed by atoms with Crippen molar-refractivity contribution in [2.75, 3.05) is 19.7 Å². The summed E-state index contributed by atoms with van der Waals surface area (Å²) >= 11 is 0. The number of aryl methyl sites for hydroxylation is 1. The second-order valence-electron chi connectivity index (χ2n) is 5.99. The lowest BCUT2D eigenvalue weighted by molar-refractivity contribution is -0.139. The van der Waals surface area contributed by atoms with Gasteiger partial charge >= 0.3 is 5.69 Å². The van der Waals surface area contributed by atoms with Gasteiger partial charge in [-0.3, -0.25) is 18.7 Å². The average Bonchev–Trinajstić information content (AvgIpc) is 3.01. The van der Waals surface area contributed by atoms with Gasteiger partial charge in [0.1, 0.15) is 6.54 Å². The van der Waals surface area contributed by atoms with Crippen molar-refractivity contribution < 1.29 is 9.53 Å². The summed E-state index contributed by atoms with van der Waals surface area (Å²) < 4.78 is 9.41. The highest BCUT2D eigenvalue weighted by atomic mass is 16.5. The third-order valence-corrected chi connectivity index (χ3v) is 4.47. The smallest absolute Gasteiger partial charge is 0.332 e. The lowest BCUT2D eigenvalue weighted by Crippen LogP contribution is -2.46. The molecule has 9 heteroatoms. The lowest BCUT2D eigenvalue weighted by Gasteiger charge is -2.32. The van der Waals surface area contributed by atoms with E-state index in [0.29, 0.717) is 19.7 Å². The molecule has 0 aliphatic carbocycles. The van der Waals surface area contributed by atoms with E-state index in [0.717, 1.165) is 11.0 Å². The molecule has 9 nitrogen and oxygen atoms in total. The van der Waals surface area contributed by atoms with Crippen LogP contribution in [0.1, 0.15) is 13.3 Å². The Morgan fingerprint density at radius 1 is 1.33 bits per heavy atom. The Morgan fingerprint density at radius 2 is 2.08 bits per heavy atom. The van der Waals surface area contributed by atoms with Crippen molar-refractivity contribution in [3.63, 3.8) is 0 Å². The van der Waals surface area contributed by atoms with Crippen LogP contribution in [-0.4, -0.2) is 55.3 Å². The molecule has 1 saturated heterocycles. The van der Waals surface area contributed by atoms with E-state index in [1.54, 1.807) is 11.9 Å². The lowest BCUT2D eigenvalue weighted by atomic mass is 10.2. The van der Waals surface area contributed by atoms with Crippen LogP contribution in [0.4, 0.5) is 0 Å². The maximum absolute atomic E-state index is 12.6. The predicted molar refractivity (Wildman–Crippen MR) is 86.8 cm³/mol. The third kappa shape index (κ3) is 2.64. The van der Waals surface area contributed by atoms with Crippen LogP contribution >= 0.6 is 0 Å². The molecular weight excluding hydrogens is 314 g/mol. The maximum atomic E-state index is 12.6. The minimum atomic E-state index is -0.452. The van der Waals surface area contributed by atoms with E-state index in [4.69, 9.17) is 4.74 Å². The van der Waals surface area contributed by atoms with Gasteiger partial charge in [0.15, 0.2) is 11.2 Å². The maximum Gasteiger partial charge on any atom is 0.332 e. The van der Waals surface area contributed by atoms with Gasteiger partial charge in [-0.15, -0.1) is 0 Å². The van der Waals surface area contributed by atoms with Gasteiger partial charge in [-0.1, -0.05) is 6.92 Å². The predicted octanol–water partition coefficient (Wildman–Crippen LogP) is -0.929. The van der Waals surface area contributed by atoms with Crippen molar-refractivity contribution in [1.29, 1.82) is 0 Å². The van der Waals surface area contributed by atoms with Gasteiger partial charge < -0.3 is 14.2 Å². The molecule has 1 aliphatic heterocycles. The molecule has 0 spiro atoms. The average molecular weight is 335 g/mol. The number of rotatable bonds is 3. The number of ether oxygens (including phenoxy) is 1. The van der Waals surface area contributed by atoms with Gasteiger partial charge in [0, 0.05) is 27.2 Å². The summed E-state index contributed by atoms with van der Waals surface area (Å²) in [7, 11) is 2.97. The molecule has 3 heterocycles. The first-order valence-electron chi connectivity index (χ1n) is 7.94. The number of hydrogen-bond donors (Lipinski definition) is 0. The zero-order chi connectivity index (χ0) is 17.4. The second kappa shape index (κ2) is 6.23. The number of fused-ring (bicyclic) bond motifs is 1. The quantitative estimate of drug-likeness (QED) is 0.723. The second-order valence-corrected chi connectivity index (χ2v) is 5.99. The molecule has 130 valence electrons. The summed E-state index contributed by atoms with van der Waals surface area (Å²) in [6.07, 6.45) is 2.33. The highest BCUT2D eigenvalue weighted by molar-refractivity contribution is 5.79. The Kier molecular flexibility index (Phi) is 4.27.